The first kappa shape index (κ1) is 20.6. The van der Waals surface area contributed by atoms with Gasteiger partial charge in [-0.15, -0.1) is 0 Å². The number of nitrogens with one attached hydrogen (secondary N) is 2. The topological polar surface area (TPSA) is 105 Å². The van der Waals surface area contributed by atoms with Crippen LogP contribution >= 0.6 is 0 Å². The minimum absolute atomic E-state index is 0.0399. The Kier molecular flexibility index (Phi) is 8.34. The molecule has 0 fully saturated rings. The Morgan fingerprint density at radius 1 is 1.21 bits per heavy atom. The van der Waals surface area contributed by atoms with Crippen LogP contribution < -0.4 is 10.0 Å². The molecular formula is C16H26N2O5S. The molecule has 0 bridgehead atoms. The van der Waals surface area contributed by atoms with Crippen molar-refractivity contribution in [3.05, 3.63) is 35.9 Å². The lowest BCUT2D eigenvalue weighted by Gasteiger charge is -2.24. The molecule has 24 heavy (non-hydrogen) atoms. The highest BCUT2D eigenvalue weighted by atomic mass is 32.2. The number of hydrogen-bond donors (Lipinski definition) is 3. The van der Waals surface area contributed by atoms with Gasteiger partial charge >= 0.3 is 0 Å². The molecule has 0 radical (unpaired) electrons. The van der Waals surface area contributed by atoms with E-state index in [9.17, 15) is 18.3 Å². The second-order valence-electron chi connectivity index (χ2n) is 5.58. The largest absolute Gasteiger partial charge is 0.389 e. The molecule has 0 aliphatic rings. The predicted molar refractivity (Wildman–Crippen MR) is 92.3 cm³/mol. The second kappa shape index (κ2) is 9.73. The summed E-state index contributed by atoms with van der Waals surface area (Å²) in [6, 6.07) is 8.62. The third-order valence-electron chi connectivity index (χ3n) is 3.42. The van der Waals surface area contributed by atoms with Crippen LogP contribution in [0, 0.1) is 0 Å². The van der Waals surface area contributed by atoms with Crippen LogP contribution in [0.5, 0.6) is 0 Å². The first-order valence-corrected chi connectivity index (χ1v) is 9.44. The van der Waals surface area contributed by atoms with Crippen molar-refractivity contribution in [1.29, 1.82) is 0 Å². The summed E-state index contributed by atoms with van der Waals surface area (Å²) in [6.45, 7) is 5.10. The van der Waals surface area contributed by atoms with Gasteiger partial charge in [0.25, 0.3) is 5.91 Å². The fourth-order valence-electron chi connectivity index (χ4n) is 1.91. The average Bonchev–Trinajstić information content (AvgIpc) is 2.56. The van der Waals surface area contributed by atoms with E-state index in [0.717, 1.165) is 0 Å². The Morgan fingerprint density at radius 3 is 2.38 bits per heavy atom. The van der Waals surface area contributed by atoms with Crippen LogP contribution in [0.4, 0.5) is 0 Å². The highest BCUT2D eigenvalue weighted by Crippen LogP contribution is 2.03. The number of aliphatic hydroxyl groups excluding tert-OH is 1. The summed E-state index contributed by atoms with van der Waals surface area (Å²) in [4.78, 5) is 12.0. The molecular weight excluding hydrogens is 332 g/mol. The van der Waals surface area contributed by atoms with Crippen molar-refractivity contribution in [2.24, 2.45) is 0 Å². The number of carbonyl (C=O) groups excluding carboxylic acids is 1. The summed E-state index contributed by atoms with van der Waals surface area (Å²) in [6.07, 6.45) is -1.79. The zero-order chi connectivity index (χ0) is 18.2. The fourth-order valence-corrected chi connectivity index (χ4v) is 2.64. The van der Waals surface area contributed by atoms with Crippen LogP contribution in [-0.4, -0.2) is 56.6 Å². The van der Waals surface area contributed by atoms with Crippen molar-refractivity contribution in [2.45, 2.75) is 38.2 Å². The van der Waals surface area contributed by atoms with Crippen molar-refractivity contribution in [1.82, 2.24) is 10.0 Å². The van der Waals surface area contributed by atoms with Gasteiger partial charge in [-0.05, 0) is 32.9 Å². The smallest absolute Gasteiger partial charge is 0.251 e. The number of benzene rings is 1. The van der Waals surface area contributed by atoms with E-state index in [1.165, 1.54) is 0 Å². The Bertz CT molecular complexity index is 604. The van der Waals surface area contributed by atoms with Gasteiger partial charge in [-0.25, -0.2) is 13.1 Å². The van der Waals surface area contributed by atoms with Crippen LogP contribution in [0.1, 0.15) is 31.1 Å². The molecule has 1 aromatic rings. The first-order chi connectivity index (χ1) is 11.3. The number of aliphatic hydroxyl groups is 1. The number of ether oxygens (including phenoxy) is 1. The van der Waals surface area contributed by atoms with Gasteiger partial charge in [0.2, 0.25) is 10.0 Å². The van der Waals surface area contributed by atoms with Gasteiger partial charge < -0.3 is 15.2 Å². The molecule has 3 N–H and O–H groups in total. The SMILES string of the molecule is CCO[C@H](CNS(=O)(=O)C(C)C)[C@@H](O)CNC(=O)c1ccccc1. The number of carbonyl (C=O) groups is 1. The summed E-state index contributed by atoms with van der Waals surface area (Å²) in [5, 5.41) is 12.2. The summed E-state index contributed by atoms with van der Waals surface area (Å²) in [7, 11) is -3.45. The van der Waals surface area contributed by atoms with Crippen LogP contribution in [0.15, 0.2) is 30.3 Å². The summed E-state index contributed by atoms with van der Waals surface area (Å²) < 4.78 is 31.4. The first-order valence-electron chi connectivity index (χ1n) is 7.89. The van der Waals surface area contributed by atoms with Crippen LogP contribution in [0.25, 0.3) is 0 Å². The molecule has 136 valence electrons. The molecule has 0 heterocycles. The van der Waals surface area contributed by atoms with Crippen molar-refractivity contribution in [3.8, 4) is 0 Å². The molecule has 0 aliphatic heterocycles. The lowest BCUT2D eigenvalue weighted by Crippen LogP contribution is -2.47. The monoisotopic (exact) mass is 358 g/mol. The van der Waals surface area contributed by atoms with E-state index < -0.39 is 27.5 Å². The Hall–Kier alpha value is -1.48. The lowest BCUT2D eigenvalue weighted by atomic mass is 10.2. The number of sulfonamides is 1. The highest BCUT2D eigenvalue weighted by molar-refractivity contribution is 7.90. The second-order valence-corrected chi connectivity index (χ2v) is 7.90. The fraction of sp³-hybridized carbons (Fsp3) is 0.562. The molecule has 0 unspecified atom stereocenters. The van der Waals surface area contributed by atoms with Crippen molar-refractivity contribution >= 4 is 15.9 Å². The highest BCUT2D eigenvalue weighted by Gasteiger charge is 2.24. The van der Waals surface area contributed by atoms with Gasteiger partial charge in [-0.3, -0.25) is 4.79 Å². The van der Waals surface area contributed by atoms with Gasteiger partial charge in [-0.1, -0.05) is 18.2 Å². The quantitative estimate of drug-likeness (QED) is 0.565. The zero-order valence-corrected chi connectivity index (χ0v) is 15.0. The van der Waals surface area contributed by atoms with Gasteiger partial charge in [-0.2, -0.15) is 0 Å². The summed E-state index contributed by atoms with van der Waals surface area (Å²) >= 11 is 0. The average molecular weight is 358 g/mol. The molecule has 0 saturated carbocycles. The Morgan fingerprint density at radius 2 is 1.83 bits per heavy atom. The molecule has 1 rings (SSSR count). The molecule has 0 aliphatic carbocycles. The van der Waals surface area contributed by atoms with Crippen molar-refractivity contribution in [2.75, 3.05) is 19.7 Å². The molecule has 1 aromatic carbocycles. The van der Waals surface area contributed by atoms with Gasteiger partial charge in [0.15, 0.2) is 0 Å². The normalized spacial score (nSPS) is 14.4. The number of rotatable bonds is 10. The molecule has 2 atom stereocenters. The molecule has 7 nitrogen and oxygen atoms in total. The van der Waals surface area contributed by atoms with Gasteiger partial charge in [0.05, 0.1) is 17.5 Å². The van der Waals surface area contributed by atoms with E-state index >= 15 is 0 Å². The summed E-state index contributed by atoms with van der Waals surface area (Å²) in [5.41, 5.74) is 0.484. The molecule has 8 heteroatoms. The van der Waals surface area contributed by atoms with E-state index in [-0.39, 0.29) is 19.0 Å². The van der Waals surface area contributed by atoms with Crippen LogP contribution in [0.3, 0.4) is 0 Å². The lowest BCUT2D eigenvalue weighted by molar-refractivity contribution is -0.0269. The maximum absolute atomic E-state index is 12.0. The third-order valence-corrected chi connectivity index (χ3v) is 5.23. The Labute approximate surface area is 143 Å². The number of hydrogen-bond acceptors (Lipinski definition) is 5. The van der Waals surface area contributed by atoms with E-state index in [1.54, 1.807) is 51.1 Å². The van der Waals surface area contributed by atoms with Gasteiger partial charge in [0, 0.05) is 25.3 Å². The molecule has 0 aromatic heterocycles. The number of amides is 1. The van der Waals surface area contributed by atoms with Crippen LogP contribution in [0.2, 0.25) is 0 Å². The van der Waals surface area contributed by atoms with Gasteiger partial charge in [0.1, 0.15) is 0 Å². The molecule has 1 amide bonds. The predicted octanol–water partition coefficient (Wildman–Crippen LogP) is 0.510. The van der Waals surface area contributed by atoms with E-state index in [1.807, 2.05) is 0 Å². The zero-order valence-electron chi connectivity index (χ0n) is 14.2. The standard InChI is InChI=1S/C16H26N2O5S/c1-4-23-15(11-18-24(21,22)12(2)3)14(19)10-17-16(20)13-8-6-5-7-9-13/h5-9,12,14-15,18-19H,4,10-11H2,1-3H3,(H,17,20)/t14-,15+/m0/s1. The van der Waals surface area contributed by atoms with Crippen molar-refractivity contribution in [3.63, 3.8) is 0 Å². The van der Waals surface area contributed by atoms with E-state index in [4.69, 9.17) is 4.74 Å². The van der Waals surface area contributed by atoms with E-state index in [0.29, 0.717) is 12.2 Å². The third kappa shape index (κ3) is 6.56. The maximum atomic E-state index is 12.0. The summed E-state index contributed by atoms with van der Waals surface area (Å²) in [5.74, 6) is -0.312. The van der Waals surface area contributed by atoms with E-state index in [2.05, 4.69) is 10.0 Å². The molecule has 0 saturated heterocycles. The van der Waals surface area contributed by atoms with Crippen molar-refractivity contribution < 1.29 is 23.1 Å². The van der Waals surface area contributed by atoms with Crippen LogP contribution in [-0.2, 0) is 14.8 Å². The Balaban J connectivity index is 2.57. The molecule has 0 spiro atoms. The minimum atomic E-state index is -3.45. The minimum Gasteiger partial charge on any atom is -0.389 e. The maximum Gasteiger partial charge on any atom is 0.251 e.